The molecule has 0 saturated carbocycles. The maximum absolute atomic E-state index is 11.1. The van der Waals surface area contributed by atoms with Crippen LogP contribution in [0.4, 0.5) is 4.79 Å². The van der Waals surface area contributed by atoms with Gasteiger partial charge in [0.25, 0.3) is 0 Å². The Bertz CT molecular complexity index is 219. The Hall–Kier alpha value is -0.810. The molecule has 1 atom stereocenters. The van der Waals surface area contributed by atoms with Gasteiger partial charge in [0.05, 0.1) is 19.3 Å². The molecule has 0 aromatic heterocycles. The van der Waals surface area contributed by atoms with Crippen molar-refractivity contribution in [2.24, 2.45) is 0 Å². The smallest absolute Gasteiger partial charge is 0.407 e. The number of amides is 1. The molecular weight excluding hydrogens is 196 g/mol. The lowest BCUT2D eigenvalue weighted by molar-refractivity contribution is -0.00843. The maximum atomic E-state index is 11.1. The fraction of sp³-hybridized carbons (Fsp3) is 0.900. The van der Waals surface area contributed by atoms with Crippen LogP contribution in [0.15, 0.2) is 0 Å². The minimum Gasteiger partial charge on any atom is -0.465 e. The number of ether oxygens (including phenoxy) is 1. The molecule has 1 aliphatic rings. The van der Waals surface area contributed by atoms with Crippen LogP contribution in [0.1, 0.15) is 20.8 Å². The third kappa shape index (κ3) is 3.68. The summed E-state index contributed by atoms with van der Waals surface area (Å²) in [6.07, 6.45) is -0.925. The quantitative estimate of drug-likeness (QED) is 0.715. The summed E-state index contributed by atoms with van der Waals surface area (Å²) in [5, 5.41) is 12.3. The topological polar surface area (TPSA) is 61.8 Å². The number of morpholine rings is 1. The Morgan fingerprint density at radius 1 is 1.60 bits per heavy atom. The number of nitrogens with zero attached hydrogens (tertiary/aromatic N) is 1. The van der Waals surface area contributed by atoms with Crippen molar-refractivity contribution in [2.75, 3.05) is 26.2 Å². The van der Waals surface area contributed by atoms with Crippen molar-refractivity contribution in [3.8, 4) is 0 Å². The zero-order valence-corrected chi connectivity index (χ0v) is 9.62. The van der Waals surface area contributed by atoms with Crippen molar-refractivity contribution >= 4 is 6.09 Å². The molecule has 5 nitrogen and oxygen atoms in total. The van der Waals surface area contributed by atoms with Crippen molar-refractivity contribution in [2.45, 2.75) is 32.4 Å². The third-order valence-electron chi connectivity index (χ3n) is 2.43. The average Bonchev–Trinajstić information content (AvgIpc) is 2.13. The van der Waals surface area contributed by atoms with Gasteiger partial charge in [0.1, 0.15) is 0 Å². The van der Waals surface area contributed by atoms with Crippen molar-refractivity contribution in [1.82, 2.24) is 10.2 Å². The van der Waals surface area contributed by atoms with Crippen LogP contribution < -0.4 is 5.32 Å². The normalized spacial score (nSPS) is 22.5. The minimum atomic E-state index is -0.892. The number of nitrogens with one attached hydrogen (secondary N) is 1. The van der Waals surface area contributed by atoms with Crippen LogP contribution in [0.25, 0.3) is 0 Å². The summed E-state index contributed by atoms with van der Waals surface area (Å²) in [7, 11) is 0. The fourth-order valence-electron chi connectivity index (χ4n) is 1.58. The molecule has 1 amide bonds. The Morgan fingerprint density at radius 3 is 2.67 bits per heavy atom. The summed E-state index contributed by atoms with van der Waals surface area (Å²) >= 11 is 0. The van der Waals surface area contributed by atoms with E-state index in [4.69, 9.17) is 9.84 Å². The van der Waals surface area contributed by atoms with E-state index in [2.05, 4.69) is 5.32 Å². The molecule has 0 unspecified atom stereocenters. The summed E-state index contributed by atoms with van der Waals surface area (Å²) in [5.74, 6) is 0. The van der Waals surface area contributed by atoms with Gasteiger partial charge >= 0.3 is 6.09 Å². The van der Waals surface area contributed by atoms with Gasteiger partial charge in [-0.1, -0.05) is 0 Å². The predicted octanol–water partition coefficient (Wildman–Crippen LogP) is 0.753. The predicted molar refractivity (Wildman–Crippen MR) is 57.1 cm³/mol. The Balaban J connectivity index is 2.54. The van der Waals surface area contributed by atoms with E-state index >= 15 is 0 Å². The second-order valence-corrected chi connectivity index (χ2v) is 4.76. The van der Waals surface area contributed by atoms with Gasteiger partial charge in [0.15, 0.2) is 0 Å². The molecule has 0 bridgehead atoms. The fourth-order valence-corrected chi connectivity index (χ4v) is 1.58. The highest BCUT2D eigenvalue weighted by molar-refractivity contribution is 5.66. The molecule has 1 heterocycles. The first-order chi connectivity index (χ1) is 6.91. The lowest BCUT2D eigenvalue weighted by atomic mass is 10.1. The van der Waals surface area contributed by atoms with Gasteiger partial charge in [0, 0.05) is 18.6 Å². The summed E-state index contributed by atoms with van der Waals surface area (Å²) in [6.45, 7) is 8.30. The molecule has 1 aliphatic heterocycles. The average molecular weight is 216 g/mol. The first-order valence-electron chi connectivity index (χ1n) is 5.24. The van der Waals surface area contributed by atoms with Gasteiger partial charge in [-0.05, 0) is 20.8 Å². The van der Waals surface area contributed by atoms with Crippen LogP contribution in [0.3, 0.4) is 0 Å². The van der Waals surface area contributed by atoms with Crippen LogP contribution in [-0.2, 0) is 4.74 Å². The molecule has 0 radical (unpaired) electrons. The SMILES string of the molecule is CC(C)(C)N(C[C@H]1CNCCO1)C(=O)O. The summed E-state index contributed by atoms with van der Waals surface area (Å²) in [6, 6.07) is 0. The monoisotopic (exact) mass is 216 g/mol. The van der Waals surface area contributed by atoms with Crippen molar-refractivity contribution < 1.29 is 14.6 Å². The minimum absolute atomic E-state index is 0.0333. The highest BCUT2D eigenvalue weighted by Gasteiger charge is 2.29. The molecule has 2 N–H and O–H groups in total. The van der Waals surface area contributed by atoms with Crippen molar-refractivity contribution in [1.29, 1.82) is 0 Å². The van der Waals surface area contributed by atoms with Gasteiger partial charge in [-0.3, -0.25) is 0 Å². The second kappa shape index (κ2) is 4.81. The standard InChI is InChI=1S/C10H20N2O3/c1-10(2,3)12(9(13)14)7-8-6-11-4-5-15-8/h8,11H,4-7H2,1-3H3,(H,13,14)/t8-/m1/s1. The molecular formula is C10H20N2O3. The second-order valence-electron chi connectivity index (χ2n) is 4.76. The van der Waals surface area contributed by atoms with Gasteiger partial charge in [-0.15, -0.1) is 0 Å². The van der Waals surface area contributed by atoms with E-state index in [9.17, 15) is 4.79 Å². The van der Waals surface area contributed by atoms with Crippen LogP contribution in [-0.4, -0.2) is 54.0 Å². The first-order valence-corrected chi connectivity index (χ1v) is 5.24. The lowest BCUT2D eigenvalue weighted by Gasteiger charge is -2.36. The summed E-state index contributed by atoms with van der Waals surface area (Å²) in [5.41, 5.74) is -0.382. The molecule has 1 saturated heterocycles. The van der Waals surface area contributed by atoms with Gasteiger partial charge in [0.2, 0.25) is 0 Å². The van der Waals surface area contributed by atoms with Crippen LogP contribution in [0.5, 0.6) is 0 Å². The molecule has 88 valence electrons. The van der Waals surface area contributed by atoms with Gasteiger partial charge in [-0.2, -0.15) is 0 Å². The molecule has 0 aromatic rings. The molecule has 0 spiro atoms. The van der Waals surface area contributed by atoms with Gasteiger partial charge < -0.3 is 20.1 Å². The highest BCUT2D eigenvalue weighted by atomic mass is 16.5. The van der Waals surface area contributed by atoms with E-state index in [1.54, 1.807) is 0 Å². The lowest BCUT2D eigenvalue weighted by Crippen LogP contribution is -2.52. The first kappa shape index (κ1) is 12.3. The molecule has 0 aromatic carbocycles. The van der Waals surface area contributed by atoms with Crippen molar-refractivity contribution in [3.05, 3.63) is 0 Å². The van der Waals surface area contributed by atoms with E-state index < -0.39 is 6.09 Å². The number of carboxylic acid groups (broad SMARTS) is 1. The van der Waals surface area contributed by atoms with E-state index in [0.717, 1.165) is 13.1 Å². The van der Waals surface area contributed by atoms with E-state index in [0.29, 0.717) is 13.2 Å². The largest absolute Gasteiger partial charge is 0.465 e. The Morgan fingerprint density at radius 2 is 2.27 bits per heavy atom. The number of hydrogen-bond donors (Lipinski definition) is 2. The molecule has 1 rings (SSSR count). The van der Waals surface area contributed by atoms with E-state index in [-0.39, 0.29) is 11.6 Å². The Kier molecular flexibility index (Phi) is 3.93. The Labute approximate surface area is 90.4 Å². The van der Waals surface area contributed by atoms with E-state index in [1.807, 2.05) is 20.8 Å². The zero-order chi connectivity index (χ0) is 11.5. The number of carbonyl (C=O) groups is 1. The van der Waals surface area contributed by atoms with Crippen molar-refractivity contribution in [3.63, 3.8) is 0 Å². The molecule has 1 fully saturated rings. The summed E-state index contributed by atoms with van der Waals surface area (Å²) in [4.78, 5) is 12.5. The number of hydrogen-bond acceptors (Lipinski definition) is 3. The maximum Gasteiger partial charge on any atom is 0.407 e. The number of rotatable bonds is 2. The molecule has 15 heavy (non-hydrogen) atoms. The van der Waals surface area contributed by atoms with Crippen LogP contribution in [0, 0.1) is 0 Å². The summed E-state index contributed by atoms with van der Waals surface area (Å²) < 4.78 is 5.49. The molecule has 5 heteroatoms. The zero-order valence-electron chi connectivity index (χ0n) is 9.62. The highest BCUT2D eigenvalue weighted by Crippen LogP contribution is 2.15. The van der Waals surface area contributed by atoms with E-state index in [1.165, 1.54) is 4.90 Å². The van der Waals surface area contributed by atoms with Crippen LogP contribution >= 0.6 is 0 Å². The third-order valence-corrected chi connectivity index (χ3v) is 2.43. The van der Waals surface area contributed by atoms with Gasteiger partial charge in [-0.25, -0.2) is 4.79 Å². The molecule has 0 aliphatic carbocycles. The van der Waals surface area contributed by atoms with Crippen LogP contribution in [0.2, 0.25) is 0 Å².